The molecule has 0 aliphatic rings. The maximum atomic E-state index is 12.8. The Morgan fingerprint density at radius 2 is 1.67 bits per heavy atom. The molecule has 7 heteroatoms. The molecular formula is C20H29Cl3N2O2. The molecule has 1 aromatic heterocycles. The minimum absolute atomic E-state index is 0. The number of rotatable bonds is 10. The fourth-order valence-corrected chi connectivity index (χ4v) is 3.40. The molecule has 2 N–H and O–H groups in total. The molecule has 1 aromatic carbocycles. The van der Waals surface area contributed by atoms with E-state index in [1.165, 1.54) is 0 Å². The lowest BCUT2D eigenvalue weighted by atomic mass is 10.0. The van der Waals surface area contributed by atoms with Gasteiger partial charge in [-0.2, -0.15) is 0 Å². The topological polar surface area (TPSA) is 57.2 Å². The monoisotopic (exact) mass is 434 g/mol. The summed E-state index contributed by atoms with van der Waals surface area (Å²) < 4.78 is 7.81. The van der Waals surface area contributed by atoms with E-state index in [0.717, 1.165) is 68.3 Å². The van der Waals surface area contributed by atoms with Gasteiger partial charge in [0.15, 0.2) is 0 Å². The number of nitrogens with two attached hydrogens (primary N) is 1. The third kappa shape index (κ3) is 6.02. The van der Waals surface area contributed by atoms with E-state index in [0.29, 0.717) is 22.0 Å². The van der Waals surface area contributed by atoms with E-state index in [-0.39, 0.29) is 18.0 Å². The van der Waals surface area contributed by atoms with Gasteiger partial charge in [-0.25, -0.2) is 0 Å². The highest BCUT2D eigenvalue weighted by molar-refractivity contribution is 6.42. The molecule has 27 heavy (non-hydrogen) atoms. The van der Waals surface area contributed by atoms with Crippen molar-refractivity contribution in [3.63, 3.8) is 0 Å². The fourth-order valence-electron chi connectivity index (χ4n) is 3.07. The van der Waals surface area contributed by atoms with Crippen LogP contribution in [0, 0.1) is 0 Å². The SMILES string of the molecule is CCCCOc1c(CCCCCCN)n(C)c(=O)c2cc(Cl)c(Cl)cc12.Cl. The van der Waals surface area contributed by atoms with E-state index in [2.05, 4.69) is 6.92 Å². The summed E-state index contributed by atoms with van der Waals surface area (Å²) in [5.74, 6) is 0.757. The lowest BCUT2D eigenvalue weighted by Crippen LogP contribution is -2.22. The van der Waals surface area contributed by atoms with Crippen LogP contribution < -0.4 is 16.0 Å². The minimum Gasteiger partial charge on any atom is -0.491 e. The number of benzene rings is 1. The number of hydrogen-bond donors (Lipinski definition) is 1. The number of halogens is 3. The van der Waals surface area contributed by atoms with Crippen LogP contribution in [0.2, 0.25) is 10.0 Å². The van der Waals surface area contributed by atoms with Crippen molar-refractivity contribution in [2.45, 2.75) is 51.9 Å². The molecular weight excluding hydrogens is 407 g/mol. The molecule has 0 spiro atoms. The van der Waals surface area contributed by atoms with Crippen LogP contribution in [0.5, 0.6) is 5.75 Å². The first-order chi connectivity index (χ1) is 12.5. The predicted octanol–water partition coefficient (Wildman–Crippen LogP) is 5.51. The van der Waals surface area contributed by atoms with Crippen molar-refractivity contribution in [1.29, 1.82) is 0 Å². The molecule has 2 rings (SSSR count). The van der Waals surface area contributed by atoms with Crippen LogP contribution >= 0.6 is 35.6 Å². The smallest absolute Gasteiger partial charge is 0.258 e. The van der Waals surface area contributed by atoms with E-state index in [4.69, 9.17) is 33.7 Å². The second-order valence-corrected chi connectivity index (χ2v) is 7.42. The zero-order valence-corrected chi connectivity index (χ0v) is 18.4. The largest absolute Gasteiger partial charge is 0.491 e. The molecule has 0 aliphatic carbocycles. The Labute approximate surface area is 177 Å². The normalized spacial score (nSPS) is 10.9. The van der Waals surface area contributed by atoms with Gasteiger partial charge in [-0.3, -0.25) is 4.79 Å². The first-order valence-corrected chi connectivity index (χ1v) is 10.1. The van der Waals surface area contributed by atoms with Gasteiger partial charge in [-0.1, -0.05) is 49.4 Å². The lowest BCUT2D eigenvalue weighted by Gasteiger charge is -2.18. The quantitative estimate of drug-likeness (QED) is 0.501. The first kappa shape index (κ1) is 24.1. The first-order valence-electron chi connectivity index (χ1n) is 9.34. The number of aromatic nitrogens is 1. The van der Waals surface area contributed by atoms with Crippen LogP contribution in [0.3, 0.4) is 0 Å². The van der Waals surface area contributed by atoms with Gasteiger partial charge in [-0.15, -0.1) is 12.4 Å². The van der Waals surface area contributed by atoms with E-state index >= 15 is 0 Å². The number of hydrogen-bond acceptors (Lipinski definition) is 3. The average molecular weight is 436 g/mol. The molecule has 0 aliphatic heterocycles. The van der Waals surface area contributed by atoms with Crippen molar-refractivity contribution in [2.24, 2.45) is 12.8 Å². The lowest BCUT2D eigenvalue weighted by molar-refractivity contribution is 0.306. The molecule has 1 heterocycles. The van der Waals surface area contributed by atoms with Crippen LogP contribution in [-0.4, -0.2) is 17.7 Å². The minimum atomic E-state index is -0.0710. The van der Waals surface area contributed by atoms with Gasteiger partial charge in [0.25, 0.3) is 5.56 Å². The second kappa shape index (κ2) is 11.8. The molecule has 2 aromatic rings. The Morgan fingerprint density at radius 1 is 1.04 bits per heavy atom. The van der Waals surface area contributed by atoms with Crippen LogP contribution in [0.4, 0.5) is 0 Å². The summed E-state index contributed by atoms with van der Waals surface area (Å²) in [7, 11) is 1.80. The molecule has 0 unspecified atom stereocenters. The second-order valence-electron chi connectivity index (χ2n) is 6.61. The van der Waals surface area contributed by atoms with Gasteiger partial charge in [0.05, 0.1) is 27.7 Å². The summed E-state index contributed by atoms with van der Waals surface area (Å²) in [5, 5.41) is 2.10. The van der Waals surface area contributed by atoms with E-state index in [1.807, 2.05) is 0 Å². The molecule has 0 atom stereocenters. The van der Waals surface area contributed by atoms with Crippen LogP contribution in [0.15, 0.2) is 16.9 Å². The third-order valence-electron chi connectivity index (χ3n) is 4.62. The summed E-state index contributed by atoms with van der Waals surface area (Å²) in [4.78, 5) is 12.8. The number of pyridine rings is 1. The molecule has 0 amide bonds. The fraction of sp³-hybridized carbons (Fsp3) is 0.550. The maximum Gasteiger partial charge on any atom is 0.258 e. The van der Waals surface area contributed by atoms with Gasteiger partial charge in [0.2, 0.25) is 0 Å². The Bertz CT molecular complexity index is 806. The number of unbranched alkanes of at least 4 members (excludes halogenated alkanes) is 4. The molecule has 0 fully saturated rings. The zero-order valence-electron chi connectivity index (χ0n) is 16.0. The highest BCUT2D eigenvalue weighted by atomic mass is 35.5. The summed E-state index contributed by atoms with van der Waals surface area (Å²) in [6, 6.07) is 3.39. The van der Waals surface area contributed by atoms with Gasteiger partial charge in [0.1, 0.15) is 5.75 Å². The molecule has 0 saturated heterocycles. The van der Waals surface area contributed by atoms with Crippen molar-refractivity contribution in [1.82, 2.24) is 4.57 Å². The molecule has 4 nitrogen and oxygen atoms in total. The third-order valence-corrected chi connectivity index (χ3v) is 5.34. The van der Waals surface area contributed by atoms with E-state index < -0.39 is 0 Å². The molecule has 152 valence electrons. The van der Waals surface area contributed by atoms with Gasteiger partial charge >= 0.3 is 0 Å². The number of nitrogens with zero attached hydrogens (tertiary/aromatic N) is 1. The molecule has 0 bridgehead atoms. The average Bonchev–Trinajstić information content (AvgIpc) is 2.62. The predicted molar refractivity (Wildman–Crippen MR) is 118 cm³/mol. The molecule has 0 saturated carbocycles. The van der Waals surface area contributed by atoms with Crippen molar-refractivity contribution >= 4 is 46.4 Å². The summed E-state index contributed by atoms with van der Waals surface area (Å²) >= 11 is 12.4. The van der Waals surface area contributed by atoms with E-state index in [9.17, 15) is 4.79 Å². The van der Waals surface area contributed by atoms with Crippen LogP contribution in [0.1, 0.15) is 51.1 Å². The number of fused-ring (bicyclic) bond motifs is 1. The van der Waals surface area contributed by atoms with Crippen molar-refractivity contribution in [3.8, 4) is 5.75 Å². The van der Waals surface area contributed by atoms with Crippen LogP contribution in [0.25, 0.3) is 10.8 Å². The Hall–Kier alpha value is -0.940. The Kier molecular flexibility index (Phi) is 10.5. The summed E-state index contributed by atoms with van der Waals surface area (Å²) in [5.41, 5.74) is 6.41. The maximum absolute atomic E-state index is 12.8. The highest BCUT2D eigenvalue weighted by Gasteiger charge is 2.17. The van der Waals surface area contributed by atoms with Gasteiger partial charge < -0.3 is 15.0 Å². The highest BCUT2D eigenvalue weighted by Crippen LogP contribution is 2.34. The van der Waals surface area contributed by atoms with Gasteiger partial charge in [-0.05, 0) is 44.4 Å². The van der Waals surface area contributed by atoms with Crippen molar-refractivity contribution in [3.05, 3.63) is 38.2 Å². The summed E-state index contributed by atoms with van der Waals surface area (Å²) in [6.07, 6.45) is 7.00. The Balaban J connectivity index is 0.00000364. The van der Waals surface area contributed by atoms with Crippen molar-refractivity contribution in [2.75, 3.05) is 13.2 Å². The standard InChI is InChI=1S/C20H28Cl2N2O2.ClH/c1-3-4-11-26-19-14-12-16(21)17(22)13-15(14)20(25)24(2)18(19)9-7-5-6-8-10-23;/h12-13H,3-11,23H2,1-2H3;1H. The van der Waals surface area contributed by atoms with E-state index in [1.54, 1.807) is 23.7 Å². The summed E-state index contributed by atoms with van der Waals surface area (Å²) in [6.45, 7) is 3.46. The number of ether oxygens (including phenoxy) is 1. The Morgan fingerprint density at radius 3 is 2.30 bits per heavy atom. The van der Waals surface area contributed by atoms with Gasteiger partial charge in [0, 0.05) is 12.4 Å². The van der Waals surface area contributed by atoms with Crippen molar-refractivity contribution < 1.29 is 4.74 Å². The van der Waals surface area contributed by atoms with Crippen LogP contribution in [-0.2, 0) is 13.5 Å². The zero-order chi connectivity index (χ0) is 19.1. The molecule has 0 radical (unpaired) electrons.